The average Bonchev–Trinajstić information content (AvgIpc) is 0.763. The number of aliphatic hydroxyl groups excluding tert-OH is 6. The van der Waals surface area contributed by atoms with Gasteiger partial charge >= 0.3 is 6.11 Å². The lowest BCUT2D eigenvalue weighted by molar-refractivity contribution is -0.334. The minimum Gasteiger partial charge on any atom is -0.508 e. The first kappa shape index (κ1) is 94.5. The van der Waals surface area contributed by atoms with E-state index in [1.807, 2.05) is 19.9 Å². The highest BCUT2D eigenvalue weighted by Crippen LogP contribution is 2.51. The topological polar surface area (TPSA) is 547 Å². The average molecular weight is 1800 g/mol. The van der Waals surface area contributed by atoms with Crippen molar-refractivity contribution in [3.05, 3.63) is 176 Å². The van der Waals surface area contributed by atoms with Gasteiger partial charge in [0.05, 0.1) is 46.8 Å². The first-order valence-electron chi connectivity index (χ1n) is 40.7. The van der Waals surface area contributed by atoms with Gasteiger partial charge in [-0.2, -0.15) is 14.0 Å². The van der Waals surface area contributed by atoms with Crippen LogP contribution in [0.5, 0.6) is 51.7 Å². The Morgan fingerprint density at radius 3 is 2.10 bits per heavy atom. The van der Waals surface area contributed by atoms with Crippen LogP contribution in [-0.2, 0) is 65.5 Å². The van der Waals surface area contributed by atoms with Crippen molar-refractivity contribution >= 4 is 76.0 Å². The number of hydrogen-bond donors (Lipinski definition) is 17. The highest BCUT2D eigenvalue weighted by Gasteiger charge is 2.53. The first-order valence-corrected chi connectivity index (χ1v) is 41.5. The fraction of sp³-hybridized carbons (Fsp3) is 0.420. The summed E-state index contributed by atoms with van der Waals surface area (Å²) in [5, 5.41) is 129. The number of rotatable bonds is 24. The number of primary amides is 1. The second-order valence-electron chi connectivity index (χ2n) is 32.6. The third-order valence-electron chi connectivity index (χ3n) is 22.5. The van der Waals surface area contributed by atoms with E-state index in [9.17, 15) is 79.2 Å². The number of nitrogens with one attached hydrogen (secondary N) is 7. The Kier molecular flexibility index (Phi) is 29.9. The second kappa shape index (κ2) is 40.2. The summed E-state index contributed by atoms with van der Waals surface area (Å²) < 4.78 is 71.9. The van der Waals surface area contributed by atoms with Gasteiger partial charge in [0.1, 0.15) is 89.2 Å². The van der Waals surface area contributed by atoms with Crippen LogP contribution in [0.25, 0.3) is 11.1 Å². The molecule has 18 atom stereocenters. The fourth-order valence-corrected chi connectivity index (χ4v) is 16.4. The highest BCUT2D eigenvalue weighted by atomic mass is 35.5. The lowest BCUT2D eigenvalue weighted by atomic mass is 9.84. The lowest BCUT2D eigenvalue weighted by Crippen LogP contribution is -2.65. The number of hydrazine groups is 1. The maximum Gasteiger partial charge on any atom is 0.394 e. The Morgan fingerprint density at radius 2 is 1.46 bits per heavy atom. The Balaban J connectivity index is 1.01. The van der Waals surface area contributed by atoms with Gasteiger partial charge in [-0.3, -0.25) is 53.6 Å². The molecule has 8 heterocycles. The summed E-state index contributed by atoms with van der Waals surface area (Å²) in [6.45, 7) is 7.89. The van der Waals surface area contributed by atoms with E-state index in [1.165, 1.54) is 67.8 Å². The molecule has 39 heteroatoms. The molecule has 7 aliphatic rings. The molecule has 18 N–H and O–H groups in total. The normalized spacial score (nSPS) is 25.9. The second-order valence-corrected chi connectivity index (χ2v) is 33.4. The van der Waals surface area contributed by atoms with Crippen molar-refractivity contribution in [1.29, 1.82) is 5.26 Å². The van der Waals surface area contributed by atoms with Crippen LogP contribution < -0.4 is 62.1 Å². The molecule has 127 heavy (non-hydrogen) atoms. The number of aromatic nitrogens is 1. The summed E-state index contributed by atoms with van der Waals surface area (Å²) in [6.07, 6.45) is -22.1. The number of phenols is 3. The van der Waals surface area contributed by atoms with Gasteiger partial charge in [0.2, 0.25) is 41.6 Å². The quantitative estimate of drug-likeness (QED) is 0.0172. The number of Topliss-reactive ketones (excluding diaryl/α,β-unsaturated/α-hetero) is 3. The van der Waals surface area contributed by atoms with Crippen molar-refractivity contribution < 1.29 is 131 Å². The van der Waals surface area contributed by atoms with Gasteiger partial charge < -0.3 is 111 Å². The third kappa shape index (κ3) is 22.2. The summed E-state index contributed by atoms with van der Waals surface area (Å²) in [5.74, 6) is -19.3. The van der Waals surface area contributed by atoms with Crippen molar-refractivity contribution in [2.45, 2.75) is 203 Å². The van der Waals surface area contributed by atoms with Crippen molar-refractivity contribution in [2.75, 3.05) is 13.2 Å². The summed E-state index contributed by atoms with van der Waals surface area (Å²) in [7, 11) is 0. The molecule has 14 rings (SSSR count). The van der Waals surface area contributed by atoms with Gasteiger partial charge in [0.15, 0.2) is 41.2 Å². The number of carbonyl (C=O) groups excluding carboxylic acids is 9. The summed E-state index contributed by atoms with van der Waals surface area (Å²) >= 11 is 14.4. The maximum absolute atomic E-state index is 16.5. The van der Waals surface area contributed by atoms with Crippen LogP contribution in [0.15, 0.2) is 122 Å². The number of nitrogens with zero attached hydrogens (tertiary/aromatic N) is 2. The molecule has 6 aromatic carbocycles. The predicted molar refractivity (Wildman–Crippen MR) is 444 cm³/mol. The van der Waals surface area contributed by atoms with E-state index in [1.54, 1.807) is 19.9 Å². The van der Waals surface area contributed by atoms with Crippen molar-refractivity contribution in [3.8, 4) is 68.9 Å². The number of amides is 6. The molecule has 2 fully saturated rings. The highest BCUT2D eigenvalue weighted by molar-refractivity contribution is 6.32. The number of fused-ring (bicyclic) bond motifs is 15. The molecule has 2 saturated heterocycles. The molecule has 0 spiro atoms. The number of nitriles is 1. The van der Waals surface area contributed by atoms with Crippen molar-refractivity contribution in [2.24, 2.45) is 23.5 Å². The molecule has 1 aromatic heterocycles. The number of aliphatic hydroxyl groups is 6. The van der Waals surface area contributed by atoms with E-state index < -0.39 is 261 Å². The molecule has 676 valence electrons. The van der Waals surface area contributed by atoms with E-state index in [4.69, 9.17) is 62.1 Å². The van der Waals surface area contributed by atoms with Crippen LogP contribution >= 0.6 is 23.2 Å². The van der Waals surface area contributed by atoms with Crippen LogP contribution in [0.3, 0.4) is 0 Å². The number of ketones is 3. The molecular formula is C88H96Cl2F2N10O25. The molecule has 35 nitrogen and oxygen atoms in total. The Labute approximate surface area is 735 Å². The number of benzene rings is 6. The van der Waals surface area contributed by atoms with Gasteiger partial charge in [-0.05, 0) is 144 Å². The Bertz CT molecular complexity index is 5390. The van der Waals surface area contributed by atoms with Gasteiger partial charge in [-0.25, -0.2) is 5.43 Å². The monoisotopic (exact) mass is 1800 g/mol. The van der Waals surface area contributed by atoms with Gasteiger partial charge in [-0.1, -0.05) is 74.3 Å². The van der Waals surface area contributed by atoms with E-state index in [2.05, 4.69) is 42.4 Å². The molecule has 6 amide bonds. The number of halogens is 4. The molecule has 0 aliphatic carbocycles. The number of aromatic hydroxyl groups is 3. The van der Waals surface area contributed by atoms with Gasteiger partial charge in [0.25, 0.3) is 5.91 Å². The minimum absolute atomic E-state index is 0.0472. The summed E-state index contributed by atoms with van der Waals surface area (Å²) in [6, 6.07) is 14.9. The van der Waals surface area contributed by atoms with Crippen LogP contribution in [0.1, 0.15) is 166 Å². The number of pyridine rings is 1. The molecular weight excluding hydrogens is 1710 g/mol. The van der Waals surface area contributed by atoms with Gasteiger partial charge in [0, 0.05) is 105 Å². The largest absolute Gasteiger partial charge is 0.508 e. The lowest BCUT2D eigenvalue weighted by Gasteiger charge is -2.48. The fourth-order valence-electron chi connectivity index (χ4n) is 16.0. The maximum atomic E-state index is 16.5. The Morgan fingerprint density at radius 1 is 0.772 bits per heavy atom. The number of phenolic OH excluding ortho intramolecular Hbond substituents is 3. The number of ether oxygens (including phenoxy) is 7. The number of carbonyl (C=O) groups is 9. The van der Waals surface area contributed by atoms with E-state index in [0.29, 0.717) is 24.5 Å². The third-order valence-corrected chi connectivity index (χ3v) is 23.1. The zero-order valence-electron chi connectivity index (χ0n) is 69.3. The molecule has 18 unspecified atom stereocenters. The van der Waals surface area contributed by atoms with Crippen molar-refractivity contribution in [3.63, 3.8) is 0 Å². The van der Waals surface area contributed by atoms with Crippen LogP contribution in [0.4, 0.5) is 8.78 Å². The smallest absolute Gasteiger partial charge is 0.394 e. The SMILES string of the molecule is CCC(CC(C)C)C(=O)NC1C(=O)CC(CC(N)=O)C(=O)NC2C(=O)CC3C(=O)NC(C(=O)NC(C(=O)NNCCC#N)c4cc(O)cc(O)c4-c4cc3ccc4O)C(O)c3ccc(c(Cl)c3)Oc3cc2cc(c3OC2OC(CO)C(O)C(O)C2OC2CC(C)(NCc3cncc(C(=O)Cc4cccc(OC(C)(F)F)c4)c3)C(O)C(C)O2)Oc2ccc(cc2Cl)C1O. The zero-order valence-corrected chi connectivity index (χ0v) is 70.8. The van der Waals surface area contributed by atoms with E-state index in [-0.39, 0.29) is 83.5 Å². The molecule has 7 aliphatic heterocycles. The minimum atomic E-state index is -3.50. The summed E-state index contributed by atoms with van der Waals surface area (Å²) in [5.41, 5.74) is 7.93. The summed E-state index contributed by atoms with van der Waals surface area (Å²) in [4.78, 5) is 139. The van der Waals surface area contributed by atoms with Crippen LogP contribution in [0.2, 0.25) is 10.0 Å². The number of alkyl halides is 2. The van der Waals surface area contributed by atoms with E-state index in [0.717, 1.165) is 54.6 Å². The van der Waals surface area contributed by atoms with Gasteiger partial charge in [-0.15, -0.1) is 0 Å². The molecule has 0 saturated carbocycles. The van der Waals surface area contributed by atoms with Crippen LogP contribution in [-0.4, -0.2) is 190 Å². The predicted octanol–water partition coefficient (Wildman–Crippen LogP) is 6.61. The Hall–Kier alpha value is -11.6. The number of nitrogens with two attached hydrogens (primary N) is 1. The standard InChI is InChI=1S/C88H96Cl2F2N10O25/c1-7-43(20-39(2)3)81(116)100-72-60(108)27-48(30-67(94)110)82(117)98-70-47-28-64(122-62-16-13-45(74(72)111)25-55(62)89)78(126-86-79(77(114)76(113)66(38-103)124-86)125-68-34-87(5,80(115)40(4)121-68)96-36-42-21-49(37-95-35-42)58(106)23-41-10-8-11-51(22-41)127-88(6,91)92)65(29-47)123-63-17-14-46(26-56(63)90)75(112)73-84(119)99-71(85(120)102-97-19-9-18-93)54-31-50(104)32-59(107)69(54)53-24-44(12-15-57(53)105)52(33-61(70)109)83(118)101-73/h8,10-17,21-22,24-26,28-29,31-32,35,37,39-40,43,48,52,66,68,70-77,79-80,86,96-97,103-105,107,111-115H,7,9,19-20,23,27,30,33-34,36,38H2,1-6H3,(H2,94,110)(H,98,117)(H,99,119)(H,100,116)(H,101,118)(H,102,120). The van der Waals surface area contributed by atoms with Crippen molar-refractivity contribution in [1.82, 2.24) is 42.4 Å². The number of hydrogen-bond acceptors (Lipinski definition) is 29. The first-order chi connectivity index (χ1) is 60.2. The van der Waals surface area contributed by atoms with E-state index >= 15 is 24.0 Å². The molecule has 7 aromatic rings. The molecule has 0 radical (unpaired) electrons. The molecule has 11 bridgehead atoms. The zero-order chi connectivity index (χ0) is 91.9. The van der Waals surface area contributed by atoms with Crippen LogP contribution in [0, 0.1) is 29.1 Å².